The third-order valence-electron chi connectivity index (χ3n) is 2.84. The molecule has 2 aromatic rings. The fraction of sp³-hybridized carbons (Fsp3) is 0.143. The molecule has 2 aromatic carbocycles. The zero-order chi connectivity index (χ0) is 14.0. The van der Waals surface area contributed by atoms with Gasteiger partial charge in [-0.15, -0.1) is 0 Å². The summed E-state index contributed by atoms with van der Waals surface area (Å²) < 4.78 is 13.6. The van der Waals surface area contributed by atoms with Crippen LogP contribution in [0.2, 0.25) is 5.02 Å². The first kappa shape index (κ1) is 14.3. The molecule has 0 radical (unpaired) electrons. The summed E-state index contributed by atoms with van der Waals surface area (Å²) in [6.45, 7) is 0. The number of halogens is 3. The van der Waals surface area contributed by atoms with Gasteiger partial charge in [-0.1, -0.05) is 39.7 Å². The highest BCUT2D eigenvalue weighted by molar-refractivity contribution is 9.10. The van der Waals surface area contributed by atoms with Crippen molar-refractivity contribution in [2.75, 3.05) is 5.73 Å². The van der Waals surface area contributed by atoms with Crippen LogP contribution in [-0.2, 0) is 6.42 Å². The van der Waals surface area contributed by atoms with Crippen LogP contribution in [0.4, 0.5) is 10.1 Å². The van der Waals surface area contributed by atoms with Crippen LogP contribution in [0.5, 0.6) is 0 Å². The van der Waals surface area contributed by atoms with E-state index in [1.54, 1.807) is 24.3 Å². The zero-order valence-electron chi connectivity index (χ0n) is 9.91. The minimum absolute atomic E-state index is 0.323. The molecule has 19 heavy (non-hydrogen) atoms. The average Bonchev–Trinajstić information content (AvgIpc) is 2.32. The Morgan fingerprint density at radius 3 is 2.63 bits per heavy atom. The van der Waals surface area contributed by atoms with Crippen LogP contribution < -0.4 is 5.73 Å². The monoisotopic (exact) mass is 343 g/mol. The summed E-state index contributed by atoms with van der Waals surface area (Å²) in [6, 6.07) is 9.33. The van der Waals surface area contributed by atoms with Gasteiger partial charge in [-0.2, -0.15) is 0 Å². The first-order valence-corrected chi connectivity index (χ1v) is 6.81. The second-order valence-electron chi connectivity index (χ2n) is 4.23. The number of nitrogen functional groups attached to an aromatic ring is 1. The molecule has 0 bridgehead atoms. The summed E-state index contributed by atoms with van der Waals surface area (Å²) in [5, 5.41) is 10.7. The molecule has 0 saturated carbocycles. The highest BCUT2D eigenvalue weighted by atomic mass is 79.9. The van der Waals surface area contributed by atoms with Crippen LogP contribution in [-0.4, -0.2) is 5.11 Å². The summed E-state index contributed by atoms with van der Waals surface area (Å²) >= 11 is 9.09. The average molecular weight is 345 g/mol. The van der Waals surface area contributed by atoms with Crippen LogP contribution >= 0.6 is 27.5 Å². The van der Waals surface area contributed by atoms with E-state index in [1.807, 2.05) is 0 Å². The first-order chi connectivity index (χ1) is 8.97. The predicted molar refractivity (Wildman–Crippen MR) is 78.6 cm³/mol. The van der Waals surface area contributed by atoms with Gasteiger partial charge in [0.25, 0.3) is 0 Å². The Balaban J connectivity index is 2.23. The molecule has 0 spiro atoms. The van der Waals surface area contributed by atoms with Gasteiger partial charge < -0.3 is 10.8 Å². The molecule has 0 aliphatic rings. The third kappa shape index (κ3) is 3.47. The van der Waals surface area contributed by atoms with E-state index in [0.717, 1.165) is 5.56 Å². The minimum Gasteiger partial charge on any atom is -0.398 e. The molecule has 0 fully saturated rings. The van der Waals surface area contributed by atoms with Crippen LogP contribution in [0.3, 0.4) is 0 Å². The molecule has 0 heterocycles. The summed E-state index contributed by atoms with van der Waals surface area (Å²) in [6.07, 6.45) is -0.425. The second kappa shape index (κ2) is 5.90. The van der Waals surface area contributed by atoms with E-state index in [1.165, 1.54) is 12.1 Å². The van der Waals surface area contributed by atoms with Crippen molar-refractivity contribution < 1.29 is 9.50 Å². The summed E-state index contributed by atoms with van der Waals surface area (Å²) in [5.74, 6) is -0.323. The van der Waals surface area contributed by atoms with E-state index in [9.17, 15) is 9.50 Å². The van der Waals surface area contributed by atoms with E-state index in [2.05, 4.69) is 15.9 Å². The van der Waals surface area contributed by atoms with Gasteiger partial charge in [0.1, 0.15) is 5.82 Å². The summed E-state index contributed by atoms with van der Waals surface area (Å²) in [5.41, 5.74) is 7.69. The Kier molecular flexibility index (Phi) is 4.45. The van der Waals surface area contributed by atoms with Crippen molar-refractivity contribution in [3.05, 3.63) is 62.8 Å². The fourth-order valence-corrected chi connectivity index (χ4v) is 2.55. The first-order valence-electron chi connectivity index (χ1n) is 5.64. The van der Waals surface area contributed by atoms with Gasteiger partial charge >= 0.3 is 0 Å². The molecule has 2 rings (SSSR count). The molecular formula is C14H12BrClFNO. The Hall–Kier alpha value is -1.10. The minimum atomic E-state index is -0.765. The molecule has 0 aliphatic carbocycles. The van der Waals surface area contributed by atoms with Crippen LogP contribution in [0.1, 0.15) is 17.2 Å². The third-order valence-corrected chi connectivity index (χ3v) is 3.81. The maximum absolute atomic E-state index is 13.0. The number of aliphatic hydroxyl groups is 1. The van der Waals surface area contributed by atoms with E-state index in [4.69, 9.17) is 17.3 Å². The van der Waals surface area contributed by atoms with Crippen molar-refractivity contribution in [3.8, 4) is 0 Å². The SMILES string of the molecule is Nc1cc(Cl)ccc1C(O)Cc1ccc(F)cc1Br. The normalized spacial score (nSPS) is 12.4. The highest BCUT2D eigenvalue weighted by Crippen LogP contribution is 2.29. The molecule has 2 nitrogen and oxygen atoms in total. The lowest BCUT2D eigenvalue weighted by Gasteiger charge is -2.14. The molecule has 1 unspecified atom stereocenters. The molecule has 100 valence electrons. The lowest BCUT2D eigenvalue weighted by molar-refractivity contribution is 0.179. The number of anilines is 1. The van der Waals surface area contributed by atoms with Crippen molar-refractivity contribution in [3.63, 3.8) is 0 Å². The summed E-state index contributed by atoms with van der Waals surface area (Å²) in [4.78, 5) is 0. The lowest BCUT2D eigenvalue weighted by atomic mass is 10.00. The molecule has 5 heteroatoms. The number of nitrogens with two attached hydrogens (primary N) is 1. The highest BCUT2D eigenvalue weighted by Gasteiger charge is 2.14. The standard InChI is InChI=1S/C14H12BrClFNO/c15-12-7-10(17)3-1-8(12)5-14(19)11-4-2-9(16)6-13(11)18/h1-4,6-7,14,19H,5,18H2. The number of rotatable bonds is 3. The van der Waals surface area contributed by atoms with Gasteiger partial charge in [-0.05, 0) is 29.8 Å². The van der Waals surface area contributed by atoms with Gasteiger partial charge in [-0.3, -0.25) is 0 Å². The Labute approximate surface area is 124 Å². The second-order valence-corrected chi connectivity index (χ2v) is 5.52. The zero-order valence-corrected chi connectivity index (χ0v) is 12.2. The van der Waals surface area contributed by atoms with Crippen molar-refractivity contribution in [1.82, 2.24) is 0 Å². The molecular weight excluding hydrogens is 333 g/mol. The quantitative estimate of drug-likeness (QED) is 0.824. The lowest BCUT2D eigenvalue weighted by Crippen LogP contribution is -2.06. The van der Waals surface area contributed by atoms with Crippen LogP contribution in [0.15, 0.2) is 40.9 Å². The molecule has 3 N–H and O–H groups in total. The topological polar surface area (TPSA) is 46.2 Å². The van der Waals surface area contributed by atoms with Gasteiger partial charge in [0.15, 0.2) is 0 Å². The van der Waals surface area contributed by atoms with Crippen molar-refractivity contribution in [2.45, 2.75) is 12.5 Å². The van der Waals surface area contributed by atoms with Gasteiger partial charge in [0, 0.05) is 27.2 Å². The summed E-state index contributed by atoms with van der Waals surface area (Å²) in [7, 11) is 0. The van der Waals surface area contributed by atoms with E-state index < -0.39 is 6.10 Å². The smallest absolute Gasteiger partial charge is 0.124 e. The molecule has 1 atom stereocenters. The van der Waals surface area contributed by atoms with E-state index in [-0.39, 0.29) is 5.82 Å². The number of aliphatic hydroxyl groups excluding tert-OH is 1. The predicted octanol–water partition coefficient (Wildman–Crippen LogP) is 4.10. The van der Waals surface area contributed by atoms with Crippen LogP contribution in [0.25, 0.3) is 0 Å². The van der Waals surface area contributed by atoms with Gasteiger partial charge in [0.2, 0.25) is 0 Å². The van der Waals surface area contributed by atoms with Crippen molar-refractivity contribution >= 4 is 33.2 Å². The molecule has 0 aliphatic heterocycles. The van der Waals surface area contributed by atoms with Crippen molar-refractivity contribution in [2.24, 2.45) is 0 Å². The van der Waals surface area contributed by atoms with E-state index in [0.29, 0.717) is 27.2 Å². The Bertz CT molecular complexity index is 606. The Morgan fingerprint density at radius 2 is 2.00 bits per heavy atom. The fourth-order valence-electron chi connectivity index (χ4n) is 1.85. The van der Waals surface area contributed by atoms with Crippen molar-refractivity contribution in [1.29, 1.82) is 0 Å². The maximum Gasteiger partial charge on any atom is 0.124 e. The Morgan fingerprint density at radius 1 is 1.26 bits per heavy atom. The largest absolute Gasteiger partial charge is 0.398 e. The number of hydrogen-bond acceptors (Lipinski definition) is 2. The van der Waals surface area contributed by atoms with E-state index >= 15 is 0 Å². The van der Waals surface area contributed by atoms with Gasteiger partial charge in [0.05, 0.1) is 6.10 Å². The maximum atomic E-state index is 13.0. The molecule has 0 saturated heterocycles. The molecule has 0 amide bonds. The number of benzene rings is 2. The van der Waals surface area contributed by atoms with Gasteiger partial charge in [-0.25, -0.2) is 4.39 Å². The molecule has 0 aromatic heterocycles. The number of hydrogen-bond donors (Lipinski definition) is 2. The van der Waals surface area contributed by atoms with Crippen LogP contribution in [0, 0.1) is 5.82 Å².